The van der Waals surface area contributed by atoms with Crippen molar-refractivity contribution in [1.29, 1.82) is 0 Å². The monoisotopic (exact) mass is 266 g/mol. The predicted molar refractivity (Wildman–Crippen MR) is 61.2 cm³/mol. The van der Waals surface area contributed by atoms with Gasteiger partial charge < -0.3 is 0 Å². The maximum Gasteiger partial charge on any atom is 0.0965 e. The number of nitrogens with zero attached hydrogens (tertiary/aromatic N) is 4. The molecule has 0 aliphatic carbocycles. The molecule has 1 atom stereocenters. The van der Waals surface area contributed by atoms with E-state index in [9.17, 15) is 0 Å². The van der Waals surface area contributed by atoms with Crippen molar-refractivity contribution in [3.63, 3.8) is 0 Å². The molecule has 0 spiro atoms. The highest BCUT2D eigenvalue weighted by molar-refractivity contribution is 9.09. The molecule has 4 nitrogen and oxygen atoms in total. The SMILES string of the molecule is Cc1cncc(-n2cc(C(C)Br)nn2)c1. The largest absolute Gasteiger partial charge is 0.262 e. The Morgan fingerprint density at radius 3 is 2.80 bits per heavy atom. The molecule has 0 bridgehead atoms. The van der Waals surface area contributed by atoms with Gasteiger partial charge in [0.1, 0.15) is 0 Å². The lowest BCUT2D eigenvalue weighted by atomic mass is 10.3. The van der Waals surface area contributed by atoms with Gasteiger partial charge in [-0.3, -0.25) is 4.98 Å². The maximum absolute atomic E-state index is 4.11. The van der Waals surface area contributed by atoms with Gasteiger partial charge in [0.05, 0.1) is 28.6 Å². The second-order valence-electron chi connectivity index (χ2n) is 3.42. The number of hydrogen-bond donors (Lipinski definition) is 0. The zero-order chi connectivity index (χ0) is 10.8. The van der Waals surface area contributed by atoms with Gasteiger partial charge in [-0.1, -0.05) is 21.1 Å². The van der Waals surface area contributed by atoms with Crippen LogP contribution in [0.2, 0.25) is 0 Å². The van der Waals surface area contributed by atoms with Crippen molar-refractivity contribution in [2.24, 2.45) is 0 Å². The van der Waals surface area contributed by atoms with Crippen LogP contribution < -0.4 is 0 Å². The molecular weight excluding hydrogens is 256 g/mol. The molecule has 2 aromatic heterocycles. The highest BCUT2D eigenvalue weighted by atomic mass is 79.9. The normalized spacial score (nSPS) is 12.7. The standard InChI is InChI=1S/C10H11BrN4/c1-7-3-9(5-12-4-7)15-6-10(8(2)11)13-14-15/h3-6,8H,1-2H3. The lowest BCUT2D eigenvalue weighted by Crippen LogP contribution is -1.96. The fourth-order valence-corrected chi connectivity index (χ4v) is 1.46. The first-order chi connectivity index (χ1) is 7.16. The lowest BCUT2D eigenvalue weighted by Gasteiger charge is -1.99. The number of pyridine rings is 1. The van der Waals surface area contributed by atoms with E-state index in [1.54, 1.807) is 10.9 Å². The van der Waals surface area contributed by atoms with Gasteiger partial charge in [0.15, 0.2) is 0 Å². The molecule has 15 heavy (non-hydrogen) atoms. The zero-order valence-corrected chi connectivity index (χ0v) is 10.1. The molecule has 2 rings (SSSR count). The third kappa shape index (κ3) is 2.23. The van der Waals surface area contributed by atoms with Crippen molar-refractivity contribution in [2.45, 2.75) is 18.7 Å². The topological polar surface area (TPSA) is 43.6 Å². The van der Waals surface area contributed by atoms with Gasteiger partial charge in [-0.05, 0) is 25.5 Å². The average molecular weight is 267 g/mol. The van der Waals surface area contributed by atoms with Gasteiger partial charge in [0, 0.05) is 6.20 Å². The molecule has 5 heteroatoms. The van der Waals surface area contributed by atoms with Crippen molar-refractivity contribution in [3.05, 3.63) is 35.9 Å². The highest BCUT2D eigenvalue weighted by Gasteiger charge is 2.07. The Hall–Kier alpha value is -1.23. The average Bonchev–Trinajstić information content (AvgIpc) is 2.66. The van der Waals surface area contributed by atoms with E-state index in [4.69, 9.17) is 0 Å². The van der Waals surface area contributed by atoms with Crippen LogP contribution in [0.25, 0.3) is 5.69 Å². The smallest absolute Gasteiger partial charge is 0.0965 e. The van der Waals surface area contributed by atoms with E-state index in [1.807, 2.05) is 32.3 Å². The molecule has 0 aliphatic heterocycles. The summed E-state index contributed by atoms with van der Waals surface area (Å²) >= 11 is 3.45. The van der Waals surface area contributed by atoms with Gasteiger partial charge in [-0.2, -0.15) is 0 Å². The maximum atomic E-state index is 4.11. The van der Waals surface area contributed by atoms with E-state index in [2.05, 4.69) is 31.2 Å². The second kappa shape index (κ2) is 4.10. The van der Waals surface area contributed by atoms with Crippen LogP contribution in [0.3, 0.4) is 0 Å². The first kappa shape index (κ1) is 10.3. The molecule has 0 fully saturated rings. The molecule has 1 unspecified atom stereocenters. The minimum Gasteiger partial charge on any atom is -0.262 e. The van der Waals surface area contributed by atoms with Crippen molar-refractivity contribution >= 4 is 15.9 Å². The van der Waals surface area contributed by atoms with E-state index in [-0.39, 0.29) is 4.83 Å². The minimum absolute atomic E-state index is 0.212. The number of rotatable bonds is 2. The third-order valence-corrected chi connectivity index (χ3v) is 2.51. The summed E-state index contributed by atoms with van der Waals surface area (Å²) in [6.45, 7) is 4.02. The summed E-state index contributed by atoms with van der Waals surface area (Å²) in [6, 6.07) is 2.02. The second-order valence-corrected chi connectivity index (χ2v) is 4.80. The van der Waals surface area contributed by atoms with Crippen LogP contribution in [-0.2, 0) is 0 Å². The molecule has 2 aromatic rings. The third-order valence-electron chi connectivity index (χ3n) is 2.04. The molecular formula is C10H11BrN4. The first-order valence-corrected chi connectivity index (χ1v) is 5.57. The Kier molecular flexibility index (Phi) is 2.81. The van der Waals surface area contributed by atoms with E-state index in [1.165, 1.54) is 0 Å². The molecule has 0 aliphatic rings. The Balaban J connectivity index is 2.37. The number of halogens is 1. The van der Waals surface area contributed by atoms with Gasteiger partial charge in [-0.15, -0.1) is 5.10 Å². The summed E-state index contributed by atoms with van der Waals surface area (Å²) in [4.78, 5) is 4.33. The Morgan fingerprint density at radius 2 is 2.20 bits per heavy atom. The van der Waals surface area contributed by atoms with Gasteiger partial charge in [-0.25, -0.2) is 4.68 Å². The highest BCUT2D eigenvalue weighted by Crippen LogP contribution is 2.19. The Bertz CT molecular complexity index is 464. The van der Waals surface area contributed by atoms with Crippen LogP contribution in [0.4, 0.5) is 0 Å². The van der Waals surface area contributed by atoms with Crippen molar-refractivity contribution in [1.82, 2.24) is 20.0 Å². The lowest BCUT2D eigenvalue weighted by molar-refractivity contribution is 0.793. The Morgan fingerprint density at radius 1 is 1.40 bits per heavy atom. The number of hydrogen-bond acceptors (Lipinski definition) is 3. The summed E-state index contributed by atoms with van der Waals surface area (Å²) in [6.07, 6.45) is 5.48. The van der Waals surface area contributed by atoms with Crippen molar-refractivity contribution in [3.8, 4) is 5.69 Å². The van der Waals surface area contributed by atoms with E-state index in [0.717, 1.165) is 16.9 Å². The summed E-state index contributed by atoms with van der Waals surface area (Å²) in [5.41, 5.74) is 2.95. The van der Waals surface area contributed by atoms with Gasteiger partial charge >= 0.3 is 0 Å². The van der Waals surface area contributed by atoms with Crippen molar-refractivity contribution < 1.29 is 0 Å². The van der Waals surface area contributed by atoms with E-state index >= 15 is 0 Å². The zero-order valence-electron chi connectivity index (χ0n) is 8.55. The van der Waals surface area contributed by atoms with Crippen LogP contribution in [0.1, 0.15) is 23.0 Å². The molecule has 2 heterocycles. The summed E-state index contributed by atoms with van der Waals surface area (Å²) in [5.74, 6) is 0. The fraction of sp³-hybridized carbons (Fsp3) is 0.300. The molecule has 0 saturated carbocycles. The molecule has 0 aromatic carbocycles. The Labute approximate surface area is 96.5 Å². The molecule has 0 saturated heterocycles. The summed E-state index contributed by atoms with van der Waals surface area (Å²) in [5, 5.41) is 8.11. The minimum atomic E-state index is 0.212. The number of alkyl halides is 1. The van der Waals surface area contributed by atoms with Crippen LogP contribution in [0.5, 0.6) is 0 Å². The molecule has 0 amide bonds. The fourth-order valence-electron chi connectivity index (χ4n) is 1.25. The van der Waals surface area contributed by atoms with Crippen LogP contribution >= 0.6 is 15.9 Å². The first-order valence-electron chi connectivity index (χ1n) is 4.65. The predicted octanol–water partition coefficient (Wildman–Crippen LogP) is 2.43. The summed E-state index contributed by atoms with van der Waals surface area (Å²) < 4.78 is 1.73. The van der Waals surface area contributed by atoms with Crippen molar-refractivity contribution in [2.75, 3.05) is 0 Å². The van der Waals surface area contributed by atoms with Gasteiger partial charge in [0.25, 0.3) is 0 Å². The number of aromatic nitrogens is 4. The van der Waals surface area contributed by atoms with Crippen LogP contribution in [-0.4, -0.2) is 20.0 Å². The number of aryl methyl sites for hydroxylation is 1. The van der Waals surface area contributed by atoms with Crippen LogP contribution in [0, 0.1) is 6.92 Å². The molecule has 0 N–H and O–H groups in total. The van der Waals surface area contributed by atoms with Crippen LogP contribution in [0.15, 0.2) is 24.7 Å². The quantitative estimate of drug-likeness (QED) is 0.785. The van der Waals surface area contributed by atoms with Gasteiger partial charge in [0.2, 0.25) is 0 Å². The van der Waals surface area contributed by atoms with E-state index < -0.39 is 0 Å². The molecule has 0 radical (unpaired) electrons. The summed E-state index contributed by atoms with van der Waals surface area (Å²) in [7, 11) is 0. The molecule has 78 valence electrons. The van der Waals surface area contributed by atoms with E-state index in [0.29, 0.717) is 0 Å².